The number of benzene rings is 2. The van der Waals surface area contributed by atoms with E-state index < -0.39 is 0 Å². The van der Waals surface area contributed by atoms with Crippen molar-refractivity contribution in [2.75, 3.05) is 34.5 Å². The molecule has 0 unspecified atom stereocenters. The number of methoxy groups -OCH3 is 3. The summed E-state index contributed by atoms with van der Waals surface area (Å²) in [7, 11) is 4.82. The van der Waals surface area contributed by atoms with Gasteiger partial charge in [0.1, 0.15) is 0 Å². The lowest BCUT2D eigenvalue weighted by Gasteiger charge is -2.12. The van der Waals surface area contributed by atoms with Crippen LogP contribution in [0.2, 0.25) is 0 Å². The fourth-order valence-corrected chi connectivity index (χ4v) is 3.98. The van der Waals surface area contributed by atoms with E-state index in [0.717, 1.165) is 29.7 Å². The monoisotopic (exact) mass is 474 g/mol. The summed E-state index contributed by atoms with van der Waals surface area (Å²) < 4.78 is 15.9. The Bertz CT molecular complexity index is 1320. The summed E-state index contributed by atoms with van der Waals surface area (Å²) in [5, 5.41) is 11.2. The first-order valence-corrected chi connectivity index (χ1v) is 11.6. The highest BCUT2D eigenvalue weighted by Gasteiger charge is 2.21. The first kappa shape index (κ1) is 24.2. The molecule has 8 nitrogen and oxygen atoms in total. The molecular formula is C27H30N4O4. The van der Waals surface area contributed by atoms with Crippen LogP contribution in [0.1, 0.15) is 29.3 Å². The number of hydrogen-bond donors (Lipinski definition) is 2. The minimum Gasteiger partial charge on any atom is -0.493 e. The molecule has 0 bridgehead atoms. The van der Waals surface area contributed by atoms with Gasteiger partial charge in [0.15, 0.2) is 17.1 Å². The molecule has 2 N–H and O–H groups in total. The van der Waals surface area contributed by atoms with Gasteiger partial charge >= 0.3 is 0 Å². The van der Waals surface area contributed by atoms with Gasteiger partial charge in [-0.3, -0.25) is 9.89 Å². The highest BCUT2D eigenvalue weighted by molar-refractivity contribution is 6.11. The van der Waals surface area contributed by atoms with Gasteiger partial charge in [-0.2, -0.15) is 5.10 Å². The molecule has 0 spiro atoms. The number of rotatable bonds is 10. The zero-order valence-corrected chi connectivity index (χ0v) is 20.5. The second-order valence-electron chi connectivity index (χ2n) is 8.07. The van der Waals surface area contributed by atoms with Crippen LogP contribution in [0.25, 0.3) is 33.5 Å². The zero-order chi connectivity index (χ0) is 24.8. The number of hydrogen-bond acceptors (Lipinski definition) is 6. The normalized spacial score (nSPS) is 11.0. The van der Waals surface area contributed by atoms with E-state index in [0.29, 0.717) is 46.9 Å². The standard InChI is InChI=1S/C27H30N4O4/c1-5-17-7-9-18(10-8-17)25-24-20(27(32)28-13-6-14-33-2)16-21(29-26(24)31-30-25)19-11-12-22(34-3)23(15-19)35-4/h7-12,15-16H,5-6,13-14H2,1-4H3,(H,28,32)(H,29,30,31). The van der Waals surface area contributed by atoms with Gasteiger partial charge in [0.25, 0.3) is 5.91 Å². The number of pyridine rings is 1. The average Bonchev–Trinajstić information content (AvgIpc) is 3.34. The Morgan fingerprint density at radius 1 is 0.971 bits per heavy atom. The van der Waals surface area contributed by atoms with Crippen LogP contribution < -0.4 is 14.8 Å². The number of fused-ring (bicyclic) bond motifs is 1. The number of H-pyrrole nitrogens is 1. The molecule has 2 aromatic carbocycles. The van der Waals surface area contributed by atoms with Gasteiger partial charge < -0.3 is 19.5 Å². The van der Waals surface area contributed by atoms with Crippen LogP contribution in [0, 0.1) is 0 Å². The largest absolute Gasteiger partial charge is 0.493 e. The molecule has 0 aliphatic heterocycles. The van der Waals surface area contributed by atoms with Crippen LogP contribution in [-0.4, -0.2) is 55.6 Å². The SMILES string of the molecule is CCc1ccc(-c2[nH]nc3nc(-c4ccc(OC)c(OC)c4)cc(C(=O)NCCCOC)c23)cc1. The maximum Gasteiger partial charge on any atom is 0.252 e. The summed E-state index contributed by atoms with van der Waals surface area (Å²) in [6.07, 6.45) is 1.67. The predicted molar refractivity (Wildman–Crippen MR) is 136 cm³/mol. The molecule has 182 valence electrons. The van der Waals surface area contributed by atoms with Crippen molar-refractivity contribution in [3.05, 3.63) is 59.7 Å². The lowest BCUT2D eigenvalue weighted by Crippen LogP contribution is -2.25. The van der Waals surface area contributed by atoms with Gasteiger partial charge in [0, 0.05) is 31.4 Å². The Kier molecular flexibility index (Phi) is 7.62. The van der Waals surface area contributed by atoms with Crippen LogP contribution in [-0.2, 0) is 11.2 Å². The fraction of sp³-hybridized carbons (Fsp3) is 0.296. The number of ether oxygens (including phenoxy) is 3. The minimum absolute atomic E-state index is 0.192. The van der Waals surface area contributed by atoms with E-state index in [2.05, 4.69) is 34.6 Å². The van der Waals surface area contributed by atoms with Crippen molar-refractivity contribution in [3.63, 3.8) is 0 Å². The van der Waals surface area contributed by atoms with E-state index in [4.69, 9.17) is 19.2 Å². The highest BCUT2D eigenvalue weighted by Crippen LogP contribution is 2.35. The van der Waals surface area contributed by atoms with Crippen molar-refractivity contribution in [1.82, 2.24) is 20.5 Å². The van der Waals surface area contributed by atoms with E-state index in [-0.39, 0.29) is 5.91 Å². The molecule has 4 aromatic rings. The number of nitrogens with zero attached hydrogens (tertiary/aromatic N) is 2. The van der Waals surface area contributed by atoms with E-state index in [1.165, 1.54) is 5.56 Å². The molecule has 1 amide bonds. The third-order valence-electron chi connectivity index (χ3n) is 5.91. The minimum atomic E-state index is -0.192. The van der Waals surface area contributed by atoms with Gasteiger partial charge in [0.05, 0.1) is 36.6 Å². The van der Waals surface area contributed by atoms with Crippen molar-refractivity contribution >= 4 is 16.9 Å². The van der Waals surface area contributed by atoms with Gasteiger partial charge in [0.2, 0.25) is 0 Å². The summed E-state index contributed by atoms with van der Waals surface area (Å²) >= 11 is 0. The smallest absolute Gasteiger partial charge is 0.252 e. The van der Waals surface area contributed by atoms with E-state index >= 15 is 0 Å². The van der Waals surface area contributed by atoms with E-state index in [9.17, 15) is 4.79 Å². The Hall–Kier alpha value is -3.91. The molecule has 2 heterocycles. The summed E-state index contributed by atoms with van der Waals surface area (Å²) in [6, 6.07) is 15.6. The molecule has 0 saturated heterocycles. The number of carbonyl (C=O) groups is 1. The van der Waals surface area contributed by atoms with Gasteiger partial charge in [-0.25, -0.2) is 4.98 Å². The maximum atomic E-state index is 13.3. The van der Waals surface area contributed by atoms with Crippen molar-refractivity contribution in [3.8, 4) is 34.0 Å². The number of aromatic amines is 1. The van der Waals surface area contributed by atoms with Gasteiger partial charge in [-0.15, -0.1) is 0 Å². The van der Waals surface area contributed by atoms with Crippen molar-refractivity contribution in [2.45, 2.75) is 19.8 Å². The molecule has 0 saturated carbocycles. The molecule has 2 aromatic heterocycles. The second-order valence-corrected chi connectivity index (χ2v) is 8.07. The van der Waals surface area contributed by atoms with Crippen molar-refractivity contribution < 1.29 is 19.0 Å². The quantitative estimate of drug-likeness (QED) is 0.325. The Balaban J connectivity index is 1.83. The zero-order valence-electron chi connectivity index (χ0n) is 20.5. The highest BCUT2D eigenvalue weighted by atomic mass is 16.5. The van der Waals surface area contributed by atoms with Crippen LogP contribution in [0.5, 0.6) is 11.5 Å². The van der Waals surface area contributed by atoms with Gasteiger partial charge in [-0.05, 0) is 42.7 Å². The summed E-state index contributed by atoms with van der Waals surface area (Å²) in [5.74, 6) is 1.00. The number of aryl methyl sites for hydroxylation is 1. The van der Waals surface area contributed by atoms with Crippen molar-refractivity contribution in [1.29, 1.82) is 0 Å². The fourth-order valence-electron chi connectivity index (χ4n) is 3.98. The molecule has 0 aliphatic carbocycles. The van der Waals surface area contributed by atoms with E-state index in [1.54, 1.807) is 27.4 Å². The average molecular weight is 475 g/mol. The Labute approximate surface area is 204 Å². The Morgan fingerprint density at radius 2 is 1.71 bits per heavy atom. The lowest BCUT2D eigenvalue weighted by atomic mass is 10.0. The molecular weight excluding hydrogens is 444 g/mol. The van der Waals surface area contributed by atoms with Crippen molar-refractivity contribution in [2.24, 2.45) is 0 Å². The Morgan fingerprint density at radius 3 is 2.40 bits per heavy atom. The molecule has 0 aliphatic rings. The molecule has 0 fully saturated rings. The first-order valence-electron chi connectivity index (χ1n) is 11.6. The number of aromatic nitrogens is 3. The number of amides is 1. The number of carbonyl (C=O) groups excluding carboxylic acids is 1. The second kappa shape index (κ2) is 11.0. The molecule has 0 atom stereocenters. The molecule has 4 rings (SSSR count). The molecule has 0 radical (unpaired) electrons. The topological polar surface area (TPSA) is 98.4 Å². The third kappa shape index (κ3) is 5.12. The lowest BCUT2D eigenvalue weighted by molar-refractivity contribution is 0.0950. The summed E-state index contributed by atoms with van der Waals surface area (Å²) in [5.41, 5.74) is 5.31. The van der Waals surface area contributed by atoms with Crippen LogP contribution in [0.3, 0.4) is 0 Å². The van der Waals surface area contributed by atoms with Crippen LogP contribution >= 0.6 is 0 Å². The van der Waals surface area contributed by atoms with Crippen LogP contribution in [0.4, 0.5) is 0 Å². The van der Waals surface area contributed by atoms with E-state index in [1.807, 2.05) is 30.3 Å². The first-order chi connectivity index (χ1) is 17.1. The number of nitrogens with one attached hydrogen (secondary N) is 2. The molecule has 35 heavy (non-hydrogen) atoms. The molecule has 8 heteroatoms. The predicted octanol–water partition coefficient (Wildman–Crippen LogP) is 4.64. The summed E-state index contributed by atoms with van der Waals surface area (Å²) in [4.78, 5) is 18.1. The summed E-state index contributed by atoms with van der Waals surface area (Å²) in [6.45, 7) is 3.19. The maximum absolute atomic E-state index is 13.3. The third-order valence-corrected chi connectivity index (χ3v) is 5.91. The van der Waals surface area contributed by atoms with Gasteiger partial charge in [-0.1, -0.05) is 31.2 Å². The van der Waals surface area contributed by atoms with Crippen LogP contribution in [0.15, 0.2) is 48.5 Å².